The van der Waals surface area contributed by atoms with Crippen LogP contribution in [-0.4, -0.2) is 19.6 Å². The van der Waals surface area contributed by atoms with Crippen molar-refractivity contribution in [3.05, 3.63) is 35.5 Å². The number of imidazole rings is 1. The summed E-state index contributed by atoms with van der Waals surface area (Å²) < 4.78 is 7.56. The lowest BCUT2D eigenvalue weighted by Gasteiger charge is -1.90. The summed E-state index contributed by atoms with van der Waals surface area (Å²) in [7, 11) is 0. The Bertz CT molecular complexity index is 840. The minimum Gasteiger partial charge on any atom is -0.435 e. The van der Waals surface area contributed by atoms with Gasteiger partial charge in [-0.1, -0.05) is 30.4 Å². The van der Waals surface area contributed by atoms with Crippen LogP contribution in [-0.2, 0) is 6.42 Å². The van der Waals surface area contributed by atoms with Crippen LogP contribution >= 0.6 is 11.3 Å². The minimum absolute atomic E-state index is 0.557. The van der Waals surface area contributed by atoms with Crippen LogP contribution < -0.4 is 0 Å². The molecule has 4 rings (SSSR count). The lowest BCUT2D eigenvalue weighted by molar-refractivity contribution is 0.613. The van der Waals surface area contributed by atoms with Gasteiger partial charge >= 0.3 is 0 Å². The Morgan fingerprint density at radius 1 is 1.32 bits per heavy atom. The number of hydrogen-bond donors (Lipinski definition) is 0. The van der Waals surface area contributed by atoms with Gasteiger partial charge in [-0.3, -0.25) is 0 Å². The van der Waals surface area contributed by atoms with Gasteiger partial charge in [0.25, 0.3) is 0 Å². The van der Waals surface area contributed by atoms with Crippen molar-refractivity contribution in [1.82, 2.24) is 19.6 Å². The van der Waals surface area contributed by atoms with Crippen molar-refractivity contribution in [2.45, 2.75) is 13.3 Å². The number of oxazole rings is 1. The Morgan fingerprint density at radius 3 is 3.05 bits per heavy atom. The molecule has 0 saturated heterocycles. The molecule has 5 nitrogen and oxygen atoms in total. The highest BCUT2D eigenvalue weighted by Gasteiger charge is 2.15. The lowest BCUT2D eigenvalue weighted by atomic mass is 10.3. The van der Waals surface area contributed by atoms with Crippen LogP contribution in [0, 0.1) is 0 Å². The molecule has 19 heavy (non-hydrogen) atoms. The Balaban J connectivity index is 1.95. The normalized spacial score (nSPS) is 11.6. The number of aryl methyl sites for hydroxylation is 1. The summed E-state index contributed by atoms with van der Waals surface area (Å²) in [6.45, 7) is 2.08. The molecule has 0 atom stereocenters. The van der Waals surface area contributed by atoms with E-state index in [0.717, 1.165) is 33.2 Å². The van der Waals surface area contributed by atoms with Crippen LogP contribution in [0.3, 0.4) is 0 Å². The molecule has 0 aliphatic carbocycles. The van der Waals surface area contributed by atoms with Gasteiger partial charge in [0.05, 0.1) is 6.20 Å². The number of hydrogen-bond acceptors (Lipinski definition) is 5. The van der Waals surface area contributed by atoms with E-state index in [9.17, 15) is 0 Å². The third-order valence-corrected chi connectivity index (χ3v) is 4.01. The summed E-state index contributed by atoms with van der Waals surface area (Å²) in [4.78, 5) is 9.70. The van der Waals surface area contributed by atoms with Crippen molar-refractivity contribution in [3.8, 4) is 11.6 Å². The van der Waals surface area contributed by atoms with Crippen molar-refractivity contribution in [2.24, 2.45) is 0 Å². The van der Waals surface area contributed by atoms with Crippen LogP contribution in [0.25, 0.3) is 27.6 Å². The first-order valence-corrected chi connectivity index (χ1v) is 6.86. The van der Waals surface area contributed by atoms with Gasteiger partial charge in [-0.25, -0.2) is 9.97 Å². The van der Waals surface area contributed by atoms with Gasteiger partial charge in [-0.2, -0.15) is 9.61 Å². The van der Waals surface area contributed by atoms with Crippen molar-refractivity contribution in [1.29, 1.82) is 0 Å². The van der Waals surface area contributed by atoms with Crippen molar-refractivity contribution in [3.63, 3.8) is 0 Å². The summed E-state index contributed by atoms with van der Waals surface area (Å²) in [5.74, 6) is 0.557. The molecule has 3 heterocycles. The number of nitrogens with zero attached hydrogens (tertiary/aromatic N) is 4. The lowest BCUT2D eigenvalue weighted by Crippen LogP contribution is -1.89. The van der Waals surface area contributed by atoms with Crippen molar-refractivity contribution >= 4 is 27.4 Å². The molecule has 0 amide bonds. The van der Waals surface area contributed by atoms with Crippen LogP contribution in [0.1, 0.15) is 11.9 Å². The van der Waals surface area contributed by atoms with Crippen molar-refractivity contribution in [2.75, 3.05) is 0 Å². The Hall–Kier alpha value is -2.21. The van der Waals surface area contributed by atoms with E-state index in [2.05, 4.69) is 22.0 Å². The van der Waals surface area contributed by atoms with E-state index in [4.69, 9.17) is 4.42 Å². The van der Waals surface area contributed by atoms with E-state index in [1.165, 1.54) is 0 Å². The number of aromatic nitrogens is 4. The second-order valence-corrected chi connectivity index (χ2v) is 5.21. The first kappa shape index (κ1) is 10.7. The molecule has 0 bridgehead atoms. The van der Waals surface area contributed by atoms with Gasteiger partial charge in [0.15, 0.2) is 5.58 Å². The summed E-state index contributed by atoms with van der Waals surface area (Å²) in [5.41, 5.74) is 2.42. The summed E-state index contributed by atoms with van der Waals surface area (Å²) in [6.07, 6.45) is 2.66. The molecule has 4 aromatic rings. The first-order chi connectivity index (χ1) is 9.35. The smallest absolute Gasteiger partial charge is 0.248 e. The Kier molecular flexibility index (Phi) is 2.19. The fraction of sp³-hybridized carbons (Fsp3) is 0.154. The zero-order chi connectivity index (χ0) is 12.8. The second kappa shape index (κ2) is 3.89. The zero-order valence-corrected chi connectivity index (χ0v) is 11.0. The highest BCUT2D eigenvalue weighted by Crippen LogP contribution is 2.26. The first-order valence-electron chi connectivity index (χ1n) is 6.04. The molecule has 3 aromatic heterocycles. The Labute approximate surface area is 112 Å². The fourth-order valence-corrected chi connectivity index (χ4v) is 2.81. The average Bonchev–Trinajstić information content (AvgIpc) is 3.10. The molecular formula is C13H10N4OS. The molecule has 0 unspecified atom stereocenters. The van der Waals surface area contributed by atoms with Gasteiger partial charge in [0.1, 0.15) is 16.2 Å². The van der Waals surface area contributed by atoms with E-state index in [1.54, 1.807) is 22.0 Å². The number of rotatable bonds is 2. The van der Waals surface area contributed by atoms with Gasteiger partial charge in [-0.05, 0) is 18.6 Å². The molecule has 94 valence electrons. The molecule has 0 aliphatic heterocycles. The van der Waals surface area contributed by atoms with Crippen molar-refractivity contribution < 1.29 is 4.42 Å². The maximum atomic E-state index is 5.76. The van der Waals surface area contributed by atoms with Gasteiger partial charge in [0.2, 0.25) is 10.9 Å². The maximum Gasteiger partial charge on any atom is 0.248 e. The SMILES string of the molecule is CCc1nn2c(-c3nc4ccccc4o3)cnc2s1. The van der Waals surface area contributed by atoms with E-state index in [-0.39, 0.29) is 0 Å². The number of benzene rings is 1. The van der Waals surface area contributed by atoms with E-state index in [0.29, 0.717) is 5.89 Å². The highest BCUT2D eigenvalue weighted by atomic mass is 32.1. The zero-order valence-electron chi connectivity index (χ0n) is 10.2. The summed E-state index contributed by atoms with van der Waals surface area (Å²) in [5, 5.41) is 5.57. The molecule has 6 heteroatoms. The third kappa shape index (κ3) is 1.57. The predicted octanol–water partition coefficient (Wildman–Crippen LogP) is 3.16. The Morgan fingerprint density at radius 2 is 2.21 bits per heavy atom. The second-order valence-electron chi connectivity index (χ2n) is 4.17. The third-order valence-electron chi connectivity index (χ3n) is 2.94. The molecule has 0 aliphatic rings. The molecule has 0 fully saturated rings. The predicted molar refractivity (Wildman–Crippen MR) is 73.2 cm³/mol. The molecular weight excluding hydrogens is 260 g/mol. The minimum atomic E-state index is 0.557. The van der Waals surface area contributed by atoms with Crippen LogP contribution in [0.15, 0.2) is 34.9 Å². The van der Waals surface area contributed by atoms with Gasteiger partial charge in [-0.15, -0.1) is 0 Å². The van der Waals surface area contributed by atoms with E-state index >= 15 is 0 Å². The maximum absolute atomic E-state index is 5.76. The molecule has 0 saturated carbocycles. The van der Waals surface area contributed by atoms with Crippen LogP contribution in [0.2, 0.25) is 0 Å². The van der Waals surface area contributed by atoms with Gasteiger partial charge < -0.3 is 4.42 Å². The summed E-state index contributed by atoms with van der Waals surface area (Å²) >= 11 is 1.59. The largest absolute Gasteiger partial charge is 0.435 e. The van der Waals surface area contributed by atoms with Crippen LogP contribution in [0.4, 0.5) is 0 Å². The molecule has 0 N–H and O–H groups in total. The highest BCUT2D eigenvalue weighted by molar-refractivity contribution is 7.16. The quantitative estimate of drug-likeness (QED) is 0.561. The number of fused-ring (bicyclic) bond motifs is 2. The standard InChI is InChI=1S/C13H10N4OS/c1-2-11-16-17-9(7-14-13(17)19-11)12-15-8-5-3-4-6-10(8)18-12/h3-7H,2H2,1H3. The van der Waals surface area contributed by atoms with E-state index < -0.39 is 0 Å². The van der Waals surface area contributed by atoms with Crippen LogP contribution in [0.5, 0.6) is 0 Å². The molecule has 0 spiro atoms. The molecule has 1 aromatic carbocycles. The summed E-state index contributed by atoms with van der Waals surface area (Å²) in [6, 6.07) is 7.71. The average molecular weight is 270 g/mol. The van der Waals surface area contributed by atoms with Gasteiger partial charge in [0, 0.05) is 0 Å². The monoisotopic (exact) mass is 270 g/mol. The fourth-order valence-electron chi connectivity index (χ4n) is 2.00. The number of para-hydroxylation sites is 2. The van der Waals surface area contributed by atoms with E-state index in [1.807, 2.05) is 24.3 Å². The molecule has 0 radical (unpaired) electrons. The topological polar surface area (TPSA) is 56.2 Å².